The van der Waals surface area contributed by atoms with Crippen LogP contribution in [0.4, 0.5) is 0 Å². The fraction of sp³-hybridized carbons (Fsp3) is 0.308. The number of amides is 1. The number of fused-ring (bicyclic) bond motifs is 3. The summed E-state index contributed by atoms with van der Waals surface area (Å²) in [5.74, 6) is -0.265. The Bertz CT molecular complexity index is 2170. The summed E-state index contributed by atoms with van der Waals surface area (Å²) in [5.41, 5.74) is 8.24. The van der Waals surface area contributed by atoms with E-state index in [2.05, 4.69) is 55.6 Å². The molecule has 10 nitrogen and oxygen atoms in total. The highest BCUT2D eigenvalue weighted by Gasteiger charge is 2.33. The van der Waals surface area contributed by atoms with Gasteiger partial charge in [0.1, 0.15) is 12.0 Å². The summed E-state index contributed by atoms with van der Waals surface area (Å²) in [5, 5.41) is 19.2. The molecule has 0 spiro atoms. The standard InChI is InChI=1S/C39H42N6O4/c1-39(2,3)49-22-25(21-46)13-26-18-45(20-27-19-44(4)23-41-27)35-14-24(9-11-29(26)35)16-40-17-34-36(31-7-5-6-8-33(31)42-34)37-32-15-28(47)10-12-30(32)38(48)43-37/h5-12,14-15,18-19,21,23,25,37,40,42,47H,13,16-17,20,22H2,1-4H3,(H,43,48). The van der Waals surface area contributed by atoms with E-state index in [4.69, 9.17) is 4.74 Å². The third kappa shape index (κ3) is 6.75. The van der Waals surface area contributed by atoms with Gasteiger partial charge in [-0.2, -0.15) is 0 Å². The van der Waals surface area contributed by atoms with Gasteiger partial charge in [-0.05, 0) is 74.2 Å². The summed E-state index contributed by atoms with van der Waals surface area (Å²) in [4.78, 5) is 33.1. The number of rotatable bonds is 12. The Labute approximate surface area is 285 Å². The number of carbonyl (C=O) groups excluding carboxylic acids is 2. The lowest BCUT2D eigenvalue weighted by atomic mass is 9.95. The van der Waals surface area contributed by atoms with Crippen LogP contribution in [-0.2, 0) is 42.6 Å². The van der Waals surface area contributed by atoms with E-state index >= 15 is 0 Å². The Kier molecular flexibility index (Phi) is 8.60. The topological polar surface area (TPSA) is 126 Å². The molecular formula is C39H42N6O4. The average molecular weight is 659 g/mol. The lowest BCUT2D eigenvalue weighted by Crippen LogP contribution is -2.25. The van der Waals surface area contributed by atoms with Crippen molar-refractivity contribution in [2.24, 2.45) is 13.0 Å². The zero-order chi connectivity index (χ0) is 34.3. The molecule has 1 aliphatic rings. The summed E-state index contributed by atoms with van der Waals surface area (Å²) >= 11 is 0. The zero-order valence-corrected chi connectivity index (χ0v) is 28.3. The van der Waals surface area contributed by atoms with Crippen molar-refractivity contribution >= 4 is 34.0 Å². The molecule has 252 valence electrons. The predicted octanol–water partition coefficient (Wildman–Crippen LogP) is 5.91. The SMILES string of the molecule is Cn1cnc(Cn2cc(CC(C=O)COC(C)(C)C)c3ccc(CNCc4[nH]c5ccccc5c4C4NC(=O)c5ccc(O)cc54)cc32)c1. The second-order valence-electron chi connectivity index (χ2n) is 14.0. The van der Waals surface area contributed by atoms with E-state index in [0.717, 1.165) is 61.7 Å². The van der Waals surface area contributed by atoms with E-state index in [0.29, 0.717) is 38.2 Å². The number of hydrogen-bond acceptors (Lipinski definition) is 6. The third-order valence-electron chi connectivity index (χ3n) is 9.14. The molecule has 4 N–H and O–H groups in total. The first-order valence-electron chi connectivity index (χ1n) is 16.7. The van der Waals surface area contributed by atoms with E-state index in [1.54, 1.807) is 24.5 Å². The zero-order valence-electron chi connectivity index (χ0n) is 28.3. The highest BCUT2D eigenvalue weighted by atomic mass is 16.5. The maximum absolute atomic E-state index is 12.9. The van der Waals surface area contributed by atoms with E-state index in [9.17, 15) is 14.7 Å². The van der Waals surface area contributed by atoms with Crippen molar-refractivity contribution in [1.82, 2.24) is 29.7 Å². The molecule has 1 amide bonds. The van der Waals surface area contributed by atoms with Gasteiger partial charge in [-0.1, -0.05) is 30.3 Å². The van der Waals surface area contributed by atoms with Gasteiger partial charge in [0, 0.05) is 77.1 Å². The summed E-state index contributed by atoms with van der Waals surface area (Å²) in [6.07, 6.45) is 7.56. The van der Waals surface area contributed by atoms with E-state index < -0.39 is 0 Å². The van der Waals surface area contributed by atoms with Crippen molar-refractivity contribution < 1.29 is 19.4 Å². The van der Waals surface area contributed by atoms with Gasteiger partial charge in [0.2, 0.25) is 0 Å². The van der Waals surface area contributed by atoms with Crippen molar-refractivity contribution in [2.45, 2.75) is 58.5 Å². The smallest absolute Gasteiger partial charge is 0.252 e. The van der Waals surface area contributed by atoms with Gasteiger partial charge in [-0.25, -0.2) is 4.98 Å². The van der Waals surface area contributed by atoms with Gasteiger partial charge < -0.3 is 39.4 Å². The average Bonchev–Trinajstić information content (AvgIpc) is 3.82. The molecular weight excluding hydrogens is 616 g/mol. The number of aromatic hydroxyl groups is 1. The fourth-order valence-electron chi connectivity index (χ4n) is 6.86. The first kappa shape index (κ1) is 32.4. The molecule has 49 heavy (non-hydrogen) atoms. The Morgan fingerprint density at radius 2 is 1.90 bits per heavy atom. The molecule has 0 bridgehead atoms. The van der Waals surface area contributed by atoms with Gasteiger partial charge >= 0.3 is 0 Å². The molecule has 6 aromatic rings. The summed E-state index contributed by atoms with van der Waals surface area (Å²) < 4.78 is 10.1. The monoisotopic (exact) mass is 658 g/mol. The molecule has 7 rings (SSSR count). The van der Waals surface area contributed by atoms with Crippen molar-refractivity contribution in [2.75, 3.05) is 6.61 Å². The summed E-state index contributed by atoms with van der Waals surface area (Å²) in [7, 11) is 1.96. The van der Waals surface area contributed by atoms with E-state index in [1.165, 1.54) is 0 Å². The number of ether oxygens (including phenoxy) is 1. The molecule has 2 unspecified atom stereocenters. The van der Waals surface area contributed by atoms with Crippen LogP contribution in [0.1, 0.15) is 70.8 Å². The molecule has 4 heterocycles. The molecule has 1 aliphatic heterocycles. The van der Waals surface area contributed by atoms with Crippen LogP contribution in [0.2, 0.25) is 0 Å². The van der Waals surface area contributed by atoms with E-state index in [-0.39, 0.29) is 29.2 Å². The van der Waals surface area contributed by atoms with Crippen molar-refractivity contribution in [3.05, 3.63) is 119 Å². The number of aldehydes is 1. The number of aryl methyl sites for hydroxylation is 1. The highest BCUT2D eigenvalue weighted by molar-refractivity contribution is 6.01. The van der Waals surface area contributed by atoms with Crippen LogP contribution in [0.15, 0.2) is 79.4 Å². The number of aromatic amines is 1. The minimum atomic E-state index is -0.379. The first-order chi connectivity index (χ1) is 23.6. The number of benzene rings is 3. The fourth-order valence-corrected chi connectivity index (χ4v) is 6.86. The van der Waals surface area contributed by atoms with Gasteiger partial charge in [-0.15, -0.1) is 0 Å². The molecule has 0 radical (unpaired) electrons. The van der Waals surface area contributed by atoms with Crippen LogP contribution in [0.3, 0.4) is 0 Å². The number of phenolic OH excluding ortho intramolecular Hbond substituents is 1. The van der Waals surface area contributed by atoms with Crippen LogP contribution in [0.25, 0.3) is 21.8 Å². The molecule has 3 aromatic carbocycles. The Hall–Kier alpha value is -5.19. The van der Waals surface area contributed by atoms with Crippen molar-refractivity contribution in [1.29, 1.82) is 0 Å². The molecule has 2 atom stereocenters. The highest BCUT2D eigenvalue weighted by Crippen LogP contribution is 2.38. The maximum Gasteiger partial charge on any atom is 0.252 e. The van der Waals surface area contributed by atoms with Crippen LogP contribution < -0.4 is 10.6 Å². The van der Waals surface area contributed by atoms with Gasteiger partial charge in [0.15, 0.2) is 0 Å². The minimum absolute atomic E-state index is 0.131. The first-order valence-corrected chi connectivity index (χ1v) is 16.7. The second-order valence-corrected chi connectivity index (χ2v) is 14.0. The predicted molar refractivity (Wildman–Crippen MR) is 189 cm³/mol. The Morgan fingerprint density at radius 3 is 2.67 bits per heavy atom. The lowest BCUT2D eigenvalue weighted by Gasteiger charge is -2.21. The second kappa shape index (κ2) is 13.0. The Balaban J connectivity index is 1.15. The number of H-pyrrole nitrogens is 1. The molecule has 0 aliphatic carbocycles. The number of para-hydroxylation sites is 1. The third-order valence-corrected chi connectivity index (χ3v) is 9.14. The number of hydrogen-bond donors (Lipinski definition) is 4. The molecule has 0 fully saturated rings. The largest absolute Gasteiger partial charge is 0.508 e. The van der Waals surface area contributed by atoms with Crippen molar-refractivity contribution in [3.63, 3.8) is 0 Å². The normalized spacial score (nSPS) is 15.2. The van der Waals surface area contributed by atoms with Crippen LogP contribution in [-0.4, -0.2) is 48.6 Å². The lowest BCUT2D eigenvalue weighted by molar-refractivity contribution is -0.115. The number of phenols is 1. The van der Waals surface area contributed by atoms with Crippen LogP contribution >= 0.6 is 0 Å². The Morgan fingerprint density at radius 1 is 1.06 bits per heavy atom. The maximum atomic E-state index is 12.9. The quantitative estimate of drug-likeness (QED) is 0.121. The minimum Gasteiger partial charge on any atom is -0.508 e. The number of imidazole rings is 1. The van der Waals surface area contributed by atoms with Crippen molar-refractivity contribution in [3.8, 4) is 5.75 Å². The van der Waals surface area contributed by atoms with Gasteiger partial charge in [0.25, 0.3) is 5.91 Å². The molecule has 0 saturated carbocycles. The van der Waals surface area contributed by atoms with Crippen LogP contribution in [0, 0.1) is 5.92 Å². The summed E-state index contributed by atoms with van der Waals surface area (Å²) in [6, 6.07) is 19.1. The molecule has 10 heteroatoms. The number of aromatic nitrogens is 4. The molecule has 3 aromatic heterocycles. The van der Waals surface area contributed by atoms with Gasteiger partial charge in [-0.3, -0.25) is 4.79 Å². The number of nitrogens with one attached hydrogen (secondary N) is 3. The van der Waals surface area contributed by atoms with Crippen LogP contribution in [0.5, 0.6) is 5.75 Å². The van der Waals surface area contributed by atoms with Gasteiger partial charge in [0.05, 0.1) is 36.8 Å². The number of carbonyl (C=O) groups is 2. The summed E-state index contributed by atoms with van der Waals surface area (Å²) in [6.45, 7) is 8.13. The molecule has 0 saturated heterocycles. The van der Waals surface area contributed by atoms with E-state index in [1.807, 2.05) is 56.8 Å². The number of nitrogens with zero attached hydrogens (tertiary/aromatic N) is 3.